The molecule has 96 valence electrons. The number of carboxylic acid groups (broad SMARTS) is 1. The Hall–Kier alpha value is -2.09. The lowest BCUT2D eigenvalue weighted by atomic mass is 9.76. The number of carbonyl (C=O) groups is 1. The standard InChI is InChI=1S/C17H16O2/c1-12-6-2-5-9-15(12)17(16(18)19)10-13-7-3-4-8-14(13)11-17/h2-9H,10-11H2,1H3,(H,18,19). The Morgan fingerprint density at radius 3 is 2.05 bits per heavy atom. The Morgan fingerprint density at radius 1 is 1.00 bits per heavy atom. The summed E-state index contributed by atoms with van der Waals surface area (Å²) in [6.45, 7) is 1.99. The molecule has 0 saturated carbocycles. The van der Waals surface area contributed by atoms with Crippen LogP contribution in [0.2, 0.25) is 0 Å². The van der Waals surface area contributed by atoms with Gasteiger partial charge in [0.2, 0.25) is 0 Å². The molecule has 0 spiro atoms. The minimum atomic E-state index is -0.797. The number of aryl methyl sites for hydroxylation is 1. The second kappa shape index (κ2) is 4.23. The average Bonchev–Trinajstić information content (AvgIpc) is 2.79. The van der Waals surface area contributed by atoms with Crippen LogP contribution in [0.5, 0.6) is 0 Å². The second-order valence-electron chi connectivity index (χ2n) is 5.32. The lowest BCUT2D eigenvalue weighted by Crippen LogP contribution is -2.37. The highest BCUT2D eigenvalue weighted by Gasteiger charge is 2.46. The summed E-state index contributed by atoms with van der Waals surface area (Å²) in [7, 11) is 0. The van der Waals surface area contributed by atoms with Gasteiger partial charge in [0.05, 0.1) is 0 Å². The normalized spacial score (nSPS) is 16.1. The summed E-state index contributed by atoms with van der Waals surface area (Å²) in [6.07, 6.45) is 1.17. The highest BCUT2D eigenvalue weighted by Crippen LogP contribution is 2.41. The van der Waals surface area contributed by atoms with Crippen LogP contribution in [0.25, 0.3) is 0 Å². The van der Waals surface area contributed by atoms with Crippen molar-refractivity contribution < 1.29 is 9.90 Å². The van der Waals surface area contributed by atoms with Crippen molar-refractivity contribution in [2.24, 2.45) is 0 Å². The third kappa shape index (κ3) is 1.75. The van der Waals surface area contributed by atoms with Gasteiger partial charge in [-0.05, 0) is 42.0 Å². The van der Waals surface area contributed by atoms with Crippen LogP contribution in [0, 0.1) is 6.92 Å². The van der Waals surface area contributed by atoms with Crippen LogP contribution >= 0.6 is 0 Å². The van der Waals surface area contributed by atoms with Crippen LogP contribution in [0.3, 0.4) is 0 Å². The first-order chi connectivity index (χ1) is 9.13. The van der Waals surface area contributed by atoms with Crippen LogP contribution in [0.4, 0.5) is 0 Å². The molecule has 0 unspecified atom stereocenters. The molecule has 19 heavy (non-hydrogen) atoms. The van der Waals surface area contributed by atoms with Crippen molar-refractivity contribution in [2.75, 3.05) is 0 Å². The third-order valence-electron chi connectivity index (χ3n) is 4.17. The molecule has 0 saturated heterocycles. The van der Waals surface area contributed by atoms with Gasteiger partial charge in [-0.3, -0.25) is 4.79 Å². The number of hydrogen-bond donors (Lipinski definition) is 1. The second-order valence-corrected chi connectivity index (χ2v) is 5.32. The van der Waals surface area contributed by atoms with Gasteiger partial charge in [-0.25, -0.2) is 0 Å². The van der Waals surface area contributed by atoms with Gasteiger partial charge in [0.25, 0.3) is 0 Å². The van der Waals surface area contributed by atoms with E-state index in [1.807, 2.05) is 55.5 Å². The van der Waals surface area contributed by atoms with E-state index >= 15 is 0 Å². The van der Waals surface area contributed by atoms with Crippen molar-refractivity contribution in [3.63, 3.8) is 0 Å². The molecule has 0 aromatic heterocycles. The predicted octanol–water partition coefficient (Wildman–Crippen LogP) is 3.12. The Morgan fingerprint density at radius 2 is 1.53 bits per heavy atom. The molecule has 0 bridgehead atoms. The first kappa shape index (κ1) is 12.0. The SMILES string of the molecule is Cc1ccccc1C1(C(=O)O)Cc2ccccc2C1. The predicted molar refractivity (Wildman–Crippen MR) is 74.3 cm³/mol. The zero-order chi connectivity index (χ0) is 13.5. The fourth-order valence-electron chi connectivity index (χ4n) is 3.18. The molecule has 1 aliphatic rings. The summed E-state index contributed by atoms with van der Waals surface area (Å²) in [6, 6.07) is 15.9. The molecule has 3 rings (SSSR count). The van der Waals surface area contributed by atoms with Crippen molar-refractivity contribution in [2.45, 2.75) is 25.2 Å². The van der Waals surface area contributed by atoms with E-state index in [4.69, 9.17) is 0 Å². The minimum absolute atomic E-state index is 0.587. The van der Waals surface area contributed by atoms with Crippen molar-refractivity contribution in [1.82, 2.24) is 0 Å². The zero-order valence-electron chi connectivity index (χ0n) is 10.9. The number of hydrogen-bond acceptors (Lipinski definition) is 1. The smallest absolute Gasteiger partial charge is 0.314 e. The summed E-state index contributed by atoms with van der Waals surface area (Å²) < 4.78 is 0. The maximum atomic E-state index is 11.9. The molecule has 0 amide bonds. The highest BCUT2D eigenvalue weighted by molar-refractivity contribution is 5.84. The summed E-state index contributed by atoms with van der Waals surface area (Å²) in [5.41, 5.74) is 3.52. The van der Waals surface area contributed by atoms with Gasteiger partial charge in [0.15, 0.2) is 0 Å². The molecule has 2 heteroatoms. The van der Waals surface area contributed by atoms with Gasteiger partial charge < -0.3 is 5.11 Å². The molecule has 0 atom stereocenters. The molecule has 0 radical (unpaired) electrons. The van der Waals surface area contributed by atoms with Crippen LogP contribution in [0.15, 0.2) is 48.5 Å². The topological polar surface area (TPSA) is 37.3 Å². The largest absolute Gasteiger partial charge is 0.481 e. The minimum Gasteiger partial charge on any atom is -0.481 e. The molecular weight excluding hydrogens is 236 g/mol. The van der Waals surface area contributed by atoms with Crippen LogP contribution in [-0.4, -0.2) is 11.1 Å². The lowest BCUT2D eigenvalue weighted by Gasteiger charge is -2.26. The van der Waals surface area contributed by atoms with Gasteiger partial charge in [-0.15, -0.1) is 0 Å². The highest BCUT2D eigenvalue weighted by atomic mass is 16.4. The maximum absolute atomic E-state index is 11.9. The third-order valence-corrected chi connectivity index (χ3v) is 4.17. The Bertz CT molecular complexity index is 618. The van der Waals surface area contributed by atoms with Crippen molar-refractivity contribution in [1.29, 1.82) is 0 Å². The van der Waals surface area contributed by atoms with Crippen LogP contribution in [-0.2, 0) is 23.1 Å². The summed E-state index contributed by atoms with van der Waals surface area (Å²) in [5, 5.41) is 9.81. The van der Waals surface area contributed by atoms with Crippen molar-refractivity contribution in [3.8, 4) is 0 Å². The van der Waals surface area contributed by atoms with E-state index in [0.29, 0.717) is 12.8 Å². The van der Waals surface area contributed by atoms with E-state index in [1.54, 1.807) is 0 Å². The Kier molecular flexibility index (Phi) is 2.67. The van der Waals surface area contributed by atoms with Gasteiger partial charge in [0, 0.05) is 0 Å². The Balaban J connectivity index is 2.15. The molecule has 0 fully saturated rings. The van der Waals surface area contributed by atoms with E-state index < -0.39 is 11.4 Å². The van der Waals surface area contributed by atoms with E-state index in [0.717, 1.165) is 22.3 Å². The van der Waals surface area contributed by atoms with E-state index in [-0.39, 0.29) is 0 Å². The first-order valence-electron chi connectivity index (χ1n) is 6.50. The number of rotatable bonds is 2. The number of benzene rings is 2. The average molecular weight is 252 g/mol. The van der Waals surface area contributed by atoms with Gasteiger partial charge in [-0.1, -0.05) is 48.5 Å². The lowest BCUT2D eigenvalue weighted by molar-refractivity contribution is -0.143. The molecule has 0 heterocycles. The molecule has 2 aromatic rings. The monoisotopic (exact) mass is 252 g/mol. The molecule has 1 N–H and O–H groups in total. The fraction of sp³-hybridized carbons (Fsp3) is 0.235. The first-order valence-corrected chi connectivity index (χ1v) is 6.50. The maximum Gasteiger partial charge on any atom is 0.314 e. The van der Waals surface area contributed by atoms with Crippen LogP contribution < -0.4 is 0 Å². The summed E-state index contributed by atoms with van der Waals surface area (Å²) in [5.74, 6) is -0.724. The zero-order valence-corrected chi connectivity index (χ0v) is 10.9. The van der Waals surface area contributed by atoms with Gasteiger partial charge in [-0.2, -0.15) is 0 Å². The molecule has 2 nitrogen and oxygen atoms in total. The molecule has 2 aromatic carbocycles. The molecule has 1 aliphatic carbocycles. The fourth-order valence-corrected chi connectivity index (χ4v) is 3.18. The van der Waals surface area contributed by atoms with E-state index in [1.165, 1.54) is 0 Å². The number of fused-ring (bicyclic) bond motifs is 1. The summed E-state index contributed by atoms with van der Waals surface area (Å²) >= 11 is 0. The van der Waals surface area contributed by atoms with Gasteiger partial charge in [0.1, 0.15) is 5.41 Å². The molecule has 0 aliphatic heterocycles. The summed E-state index contributed by atoms with van der Waals surface area (Å²) in [4.78, 5) is 11.9. The number of carboxylic acids is 1. The number of aliphatic carboxylic acids is 1. The Labute approximate surface area is 112 Å². The van der Waals surface area contributed by atoms with Gasteiger partial charge >= 0.3 is 5.97 Å². The van der Waals surface area contributed by atoms with E-state index in [9.17, 15) is 9.90 Å². The van der Waals surface area contributed by atoms with Crippen molar-refractivity contribution in [3.05, 3.63) is 70.8 Å². The molecular formula is C17H16O2. The quantitative estimate of drug-likeness (QED) is 0.891. The van der Waals surface area contributed by atoms with E-state index in [2.05, 4.69) is 0 Å². The van der Waals surface area contributed by atoms with Crippen molar-refractivity contribution >= 4 is 5.97 Å². The van der Waals surface area contributed by atoms with Crippen LogP contribution in [0.1, 0.15) is 22.3 Å².